The second-order valence-corrected chi connectivity index (χ2v) is 6.59. The van der Waals surface area contributed by atoms with Gasteiger partial charge in [-0.2, -0.15) is 0 Å². The van der Waals surface area contributed by atoms with Crippen LogP contribution < -0.4 is 5.32 Å². The highest BCUT2D eigenvalue weighted by Gasteiger charge is 2.41. The molecule has 0 radical (unpaired) electrons. The van der Waals surface area contributed by atoms with Crippen molar-refractivity contribution in [3.05, 3.63) is 0 Å². The van der Waals surface area contributed by atoms with Gasteiger partial charge in [0, 0.05) is 19.1 Å². The molecule has 0 heterocycles. The van der Waals surface area contributed by atoms with E-state index < -0.39 is 11.4 Å². The van der Waals surface area contributed by atoms with Crippen molar-refractivity contribution in [3.63, 3.8) is 0 Å². The Morgan fingerprint density at radius 1 is 1.20 bits per heavy atom. The number of hydrogen-bond donors (Lipinski definition) is 2. The first-order valence-corrected chi connectivity index (χ1v) is 7.56. The van der Waals surface area contributed by atoms with Crippen molar-refractivity contribution in [1.82, 2.24) is 10.2 Å². The van der Waals surface area contributed by atoms with E-state index in [0.29, 0.717) is 25.3 Å². The van der Waals surface area contributed by atoms with Crippen LogP contribution in [-0.4, -0.2) is 41.1 Å². The quantitative estimate of drug-likeness (QED) is 0.788. The van der Waals surface area contributed by atoms with Crippen molar-refractivity contribution in [2.75, 3.05) is 13.1 Å². The van der Waals surface area contributed by atoms with Crippen molar-refractivity contribution in [2.45, 2.75) is 59.4 Å². The Morgan fingerprint density at radius 2 is 1.75 bits per heavy atom. The number of amides is 2. The number of carboxylic acids is 1. The Kier molecular flexibility index (Phi) is 5.84. The smallest absolute Gasteiger partial charge is 0.317 e. The van der Waals surface area contributed by atoms with Crippen molar-refractivity contribution < 1.29 is 14.7 Å². The minimum Gasteiger partial charge on any atom is -0.481 e. The van der Waals surface area contributed by atoms with Gasteiger partial charge >= 0.3 is 12.0 Å². The molecule has 0 unspecified atom stereocenters. The summed E-state index contributed by atoms with van der Waals surface area (Å²) < 4.78 is 0. The summed E-state index contributed by atoms with van der Waals surface area (Å²) in [6, 6.07) is -0.0389. The monoisotopic (exact) mass is 284 g/mol. The van der Waals surface area contributed by atoms with E-state index in [1.54, 1.807) is 4.90 Å². The summed E-state index contributed by atoms with van der Waals surface area (Å²) >= 11 is 0. The minimum atomic E-state index is -0.782. The van der Waals surface area contributed by atoms with Gasteiger partial charge in [-0.05, 0) is 32.6 Å². The second-order valence-electron chi connectivity index (χ2n) is 6.59. The lowest BCUT2D eigenvalue weighted by Crippen LogP contribution is -2.49. The van der Waals surface area contributed by atoms with Crippen molar-refractivity contribution in [3.8, 4) is 0 Å². The van der Waals surface area contributed by atoms with E-state index in [-0.39, 0.29) is 18.6 Å². The highest BCUT2D eigenvalue weighted by atomic mass is 16.4. The van der Waals surface area contributed by atoms with E-state index in [1.165, 1.54) is 0 Å². The van der Waals surface area contributed by atoms with E-state index in [9.17, 15) is 14.7 Å². The van der Waals surface area contributed by atoms with Crippen molar-refractivity contribution >= 4 is 12.0 Å². The molecular weight excluding hydrogens is 256 g/mol. The maximum absolute atomic E-state index is 12.3. The van der Waals surface area contributed by atoms with Gasteiger partial charge < -0.3 is 15.3 Å². The fourth-order valence-corrected chi connectivity index (χ4v) is 2.79. The molecule has 2 N–H and O–H groups in total. The lowest BCUT2D eigenvalue weighted by Gasteiger charge is -2.31. The SMILES string of the molecule is CC(C)CN(C(=O)NCC1(C(=O)O)CCCC1)C(C)C. The average Bonchev–Trinajstić information content (AvgIpc) is 2.82. The Bertz CT molecular complexity index is 347. The van der Waals surface area contributed by atoms with Gasteiger partial charge in [0.25, 0.3) is 0 Å². The van der Waals surface area contributed by atoms with Crippen LogP contribution in [0.15, 0.2) is 0 Å². The van der Waals surface area contributed by atoms with Gasteiger partial charge in [-0.15, -0.1) is 0 Å². The molecule has 0 atom stereocenters. The molecule has 1 rings (SSSR count). The van der Waals surface area contributed by atoms with Gasteiger partial charge in [0.1, 0.15) is 0 Å². The van der Waals surface area contributed by atoms with Gasteiger partial charge in [0.15, 0.2) is 0 Å². The number of nitrogens with one attached hydrogen (secondary N) is 1. The average molecular weight is 284 g/mol. The van der Waals surface area contributed by atoms with Crippen LogP contribution in [0.4, 0.5) is 4.79 Å². The van der Waals surface area contributed by atoms with Crippen molar-refractivity contribution in [1.29, 1.82) is 0 Å². The third-order valence-corrected chi connectivity index (χ3v) is 4.04. The summed E-state index contributed by atoms with van der Waals surface area (Å²) in [6.45, 7) is 9.01. The zero-order chi connectivity index (χ0) is 15.3. The van der Waals surface area contributed by atoms with Gasteiger partial charge in [0.2, 0.25) is 0 Å². The Morgan fingerprint density at radius 3 is 2.15 bits per heavy atom. The van der Waals surface area contributed by atoms with Crippen LogP contribution in [0.3, 0.4) is 0 Å². The van der Waals surface area contributed by atoms with E-state index in [4.69, 9.17) is 0 Å². The molecule has 0 aromatic heterocycles. The number of aliphatic carboxylic acids is 1. The zero-order valence-electron chi connectivity index (χ0n) is 13.1. The molecule has 0 spiro atoms. The van der Waals surface area contributed by atoms with Gasteiger partial charge in [-0.1, -0.05) is 26.7 Å². The molecular formula is C15H28N2O3. The van der Waals surface area contributed by atoms with Crippen LogP contribution in [0.5, 0.6) is 0 Å². The Hall–Kier alpha value is -1.26. The summed E-state index contributed by atoms with van der Waals surface area (Å²) in [5, 5.41) is 12.2. The summed E-state index contributed by atoms with van der Waals surface area (Å²) in [5.74, 6) is -0.390. The molecule has 0 bridgehead atoms. The predicted octanol–water partition coefficient (Wildman–Crippen LogP) is 2.71. The first-order valence-electron chi connectivity index (χ1n) is 7.56. The van der Waals surface area contributed by atoms with Crippen LogP contribution >= 0.6 is 0 Å². The number of carbonyl (C=O) groups is 2. The minimum absolute atomic E-state index is 0.113. The molecule has 5 nitrogen and oxygen atoms in total. The lowest BCUT2D eigenvalue weighted by atomic mass is 9.86. The summed E-state index contributed by atoms with van der Waals surface area (Å²) in [6.07, 6.45) is 3.19. The zero-order valence-corrected chi connectivity index (χ0v) is 13.1. The maximum atomic E-state index is 12.3. The summed E-state index contributed by atoms with van der Waals surface area (Å²) in [5.41, 5.74) is -0.754. The fraction of sp³-hybridized carbons (Fsp3) is 0.867. The van der Waals surface area contributed by atoms with Gasteiger partial charge in [-0.3, -0.25) is 4.79 Å². The molecule has 1 saturated carbocycles. The third-order valence-electron chi connectivity index (χ3n) is 4.04. The molecule has 116 valence electrons. The molecule has 2 amide bonds. The lowest BCUT2D eigenvalue weighted by molar-refractivity contribution is -0.148. The van der Waals surface area contributed by atoms with Gasteiger partial charge in [-0.25, -0.2) is 4.79 Å². The van der Waals surface area contributed by atoms with Crippen LogP contribution in [0.25, 0.3) is 0 Å². The van der Waals surface area contributed by atoms with Crippen LogP contribution in [0.1, 0.15) is 53.4 Å². The third kappa shape index (κ3) is 4.12. The molecule has 0 aliphatic heterocycles. The van der Waals surface area contributed by atoms with E-state index in [1.807, 2.05) is 13.8 Å². The number of nitrogens with zero attached hydrogens (tertiary/aromatic N) is 1. The molecule has 0 saturated heterocycles. The van der Waals surface area contributed by atoms with E-state index in [0.717, 1.165) is 12.8 Å². The summed E-state index contributed by atoms with van der Waals surface area (Å²) in [4.78, 5) is 25.5. The van der Waals surface area contributed by atoms with Gasteiger partial charge in [0.05, 0.1) is 5.41 Å². The normalized spacial score (nSPS) is 17.5. The Labute approximate surface area is 121 Å². The predicted molar refractivity (Wildman–Crippen MR) is 78.6 cm³/mol. The fourth-order valence-electron chi connectivity index (χ4n) is 2.79. The summed E-state index contributed by atoms with van der Waals surface area (Å²) in [7, 11) is 0. The maximum Gasteiger partial charge on any atom is 0.317 e. The molecule has 0 aromatic carbocycles. The number of rotatable bonds is 6. The standard InChI is InChI=1S/C15H28N2O3/c1-11(2)9-17(12(3)4)14(20)16-10-15(13(18)19)7-5-6-8-15/h11-12H,5-10H2,1-4H3,(H,16,20)(H,18,19). The Balaban J connectivity index is 2.62. The van der Waals surface area contributed by atoms with Crippen LogP contribution in [-0.2, 0) is 4.79 Å². The van der Waals surface area contributed by atoms with Crippen LogP contribution in [0, 0.1) is 11.3 Å². The molecule has 0 aromatic rings. The van der Waals surface area contributed by atoms with Crippen LogP contribution in [0.2, 0.25) is 0 Å². The first-order chi connectivity index (χ1) is 9.28. The molecule has 1 aliphatic rings. The number of carboxylic acid groups (broad SMARTS) is 1. The molecule has 1 aliphatic carbocycles. The van der Waals surface area contributed by atoms with E-state index >= 15 is 0 Å². The largest absolute Gasteiger partial charge is 0.481 e. The van der Waals surface area contributed by atoms with Crippen molar-refractivity contribution in [2.24, 2.45) is 11.3 Å². The number of hydrogen-bond acceptors (Lipinski definition) is 2. The molecule has 20 heavy (non-hydrogen) atoms. The highest BCUT2D eigenvalue weighted by molar-refractivity contribution is 5.78. The molecule has 5 heteroatoms. The number of urea groups is 1. The molecule has 1 fully saturated rings. The topological polar surface area (TPSA) is 69.6 Å². The number of carbonyl (C=O) groups excluding carboxylic acids is 1. The highest BCUT2D eigenvalue weighted by Crippen LogP contribution is 2.37. The second kappa shape index (κ2) is 6.95. The first kappa shape index (κ1) is 16.8. The van der Waals surface area contributed by atoms with E-state index in [2.05, 4.69) is 19.2 Å².